The van der Waals surface area contributed by atoms with Crippen LogP contribution >= 0.6 is 0 Å². The Balaban J connectivity index is 4.95. The average molecular weight is 293 g/mol. The molecule has 0 aliphatic rings. The van der Waals surface area contributed by atoms with Gasteiger partial charge in [0.2, 0.25) is 5.91 Å². The maximum Gasteiger partial charge on any atom is 0.327 e. The van der Waals surface area contributed by atoms with E-state index in [4.69, 9.17) is 5.11 Å². The summed E-state index contributed by atoms with van der Waals surface area (Å²) in [6.07, 6.45) is 2.48. The topological polar surface area (TPSA) is 101 Å². The molecule has 6 nitrogen and oxygen atoms in total. The summed E-state index contributed by atoms with van der Waals surface area (Å²) in [4.78, 5) is 21.9. The van der Waals surface area contributed by atoms with E-state index >= 15 is 0 Å². The molecule has 0 saturated carbocycles. The summed E-state index contributed by atoms with van der Waals surface area (Å²) in [6.45, 7) is 4.94. The second-order valence-electron chi connectivity index (χ2n) is 4.62. The number of nitrogens with one attached hydrogen (secondary N) is 1. The number of hydrogen-bond donors (Lipinski definition) is 2. The van der Waals surface area contributed by atoms with Gasteiger partial charge in [0.1, 0.15) is 6.04 Å². The molecule has 0 heterocycles. The van der Waals surface area contributed by atoms with Crippen molar-refractivity contribution in [2.75, 3.05) is 5.75 Å². The molecular formula is C12H23NO5S. The van der Waals surface area contributed by atoms with E-state index in [0.717, 1.165) is 19.8 Å². The summed E-state index contributed by atoms with van der Waals surface area (Å²) in [5, 5.41) is 10.6. The van der Waals surface area contributed by atoms with Crippen molar-refractivity contribution in [3.63, 3.8) is 0 Å². The predicted octanol–water partition coefficient (Wildman–Crippen LogP) is 0.959. The highest BCUT2D eigenvalue weighted by Crippen LogP contribution is 2.16. The van der Waals surface area contributed by atoms with Crippen molar-refractivity contribution in [2.24, 2.45) is 0 Å². The van der Waals surface area contributed by atoms with E-state index < -0.39 is 38.8 Å². The summed E-state index contributed by atoms with van der Waals surface area (Å²) in [5.74, 6) is -2.43. The summed E-state index contributed by atoms with van der Waals surface area (Å²) in [6, 6.07) is -1.38. The predicted molar refractivity (Wildman–Crippen MR) is 72.6 cm³/mol. The molecule has 1 amide bonds. The summed E-state index contributed by atoms with van der Waals surface area (Å²) in [5.41, 5.74) is 0. The van der Waals surface area contributed by atoms with E-state index in [-0.39, 0.29) is 0 Å². The highest BCUT2D eigenvalue weighted by atomic mass is 32.2. The Labute approximate surface area is 114 Å². The van der Waals surface area contributed by atoms with Crippen molar-refractivity contribution >= 4 is 21.7 Å². The number of carbonyl (C=O) groups excluding carboxylic acids is 1. The first-order chi connectivity index (χ1) is 8.74. The fourth-order valence-electron chi connectivity index (χ4n) is 1.94. The van der Waals surface area contributed by atoms with Gasteiger partial charge in [0.05, 0.1) is 11.0 Å². The molecule has 0 aliphatic carbocycles. The number of amides is 1. The first-order valence-corrected chi connectivity index (χ1v) is 8.17. The number of carboxylic acids is 1. The van der Waals surface area contributed by atoms with Crippen LogP contribution in [0.2, 0.25) is 0 Å². The lowest BCUT2D eigenvalue weighted by Crippen LogP contribution is -2.46. The Morgan fingerprint density at radius 2 is 1.63 bits per heavy atom. The van der Waals surface area contributed by atoms with Crippen LogP contribution in [0, 0.1) is 0 Å². The van der Waals surface area contributed by atoms with Crippen LogP contribution < -0.4 is 5.32 Å². The Hall–Kier alpha value is -1.11. The van der Waals surface area contributed by atoms with Crippen molar-refractivity contribution in [3.05, 3.63) is 0 Å². The van der Waals surface area contributed by atoms with Gasteiger partial charge in [-0.3, -0.25) is 4.79 Å². The third kappa shape index (κ3) is 6.56. The highest BCUT2D eigenvalue weighted by Gasteiger charge is 2.31. The van der Waals surface area contributed by atoms with Gasteiger partial charge < -0.3 is 10.4 Å². The van der Waals surface area contributed by atoms with Gasteiger partial charge in [0.25, 0.3) is 0 Å². The van der Waals surface area contributed by atoms with Crippen LogP contribution in [0.15, 0.2) is 0 Å². The van der Waals surface area contributed by atoms with Crippen molar-refractivity contribution < 1.29 is 23.1 Å². The molecule has 112 valence electrons. The fourth-order valence-corrected chi connectivity index (χ4v) is 4.09. The highest BCUT2D eigenvalue weighted by molar-refractivity contribution is 7.92. The number of carbonyl (C=O) groups is 2. The Bertz CT molecular complexity index is 398. The van der Waals surface area contributed by atoms with Crippen LogP contribution in [0.25, 0.3) is 0 Å². The second kappa shape index (κ2) is 8.14. The van der Waals surface area contributed by atoms with E-state index in [2.05, 4.69) is 5.32 Å². The lowest BCUT2D eigenvalue weighted by molar-refractivity contribution is -0.140. The van der Waals surface area contributed by atoms with Gasteiger partial charge in [-0.15, -0.1) is 0 Å². The Kier molecular flexibility index (Phi) is 7.66. The molecule has 0 aromatic rings. The molecule has 0 bridgehead atoms. The standard InChI is InChI=1S/C12H23NO5S/c1-4-6-10(7-5-2)19(17,18)8-11(12(15)16)13-9(3)14/h10-11H,4-8H2,1-3H3,(H,13,14)(H,15,16)/t11-/m0/s1. The van der Waals surface area contributed by atoms with Crippen LogP contribution in [0.3, 0.4) is 0 Å². The molecule has 1 atom stereocenters. The van der Waals surface area contributed by atoms with E-state index in [9.17, 15) is 18.0 Å². The molecule has 0 spiro atoms. The van der Waals surface area contributed by atoms with Crippen molar-refractivity contribution in [2.45, 2.75) is 57.7 Å². The molecule has 0 rings (SSSR count). The Morgan fingerprint density at radius 1 is 1.16 bits per heavy atom. The average Bonchev–Trinajstić information content (AvgIpc) is 2.26. The SMILES string of the molecule is CCCC(CCC)S(=O)(=O)C[C@H](NC(C)=O)C(=O)O. The molecule has 0 fully saturated rings. The molecule has 0 saturated heterocycles. The van der Waals surface area contributed by atoms with Crippen LogP contribution in [-0.2, 0) is 19.4 Å². The first-order valence-electron chi connectivity index (χ1n) is 6.46. The third-order valence-corrected chi connectivity index (χ3v) is 5.09. The fraction of sp³-hybridized carbons (Fsp3) is 0.833. The first kappa shape index (κ1) is 17.9. The molecule has 7 heteroatoms. The quantitative estimate of drug-likeness (QED) is 0.659. The minimum absolute atomic E-state index is 0.516. The van der Waals surface area contributed by atoms with Crippen molar-refractivity contribution in [3.8, 4) is 0 Å². The molecule has 0 aromatic heterocycles. The van der Waals surface area contributed by atoms with Crippen LogP contribution in [0.5, 0.6) is 0 Å². The van der Waals surface area contributed by atoms with E-state index in [0.29, 0.717) is 12.8 Å². The molecular weight excluding hydrogens is 270 g/mol. The van der Waals surface area contributed by atoms with Gasteiger partial charge in [-0.2, -0.15) is 0 Å². The largest absolute Gasteiger partial charge is 0.480 e. The normalized spacial score (nSPS) is 13.3. The Morgan fingerprint density at radius 3 is 1.95 bits per heavy atom. The van der Waals surface area contributed by atoms with Crippen molar-refractivity contribution in [1.82, 2.24) is 5.32 Å². The van der Waals surface area contributed by atoms with Gasteiger partial charge in [0, 0.05) is 6.92 Å². The van der Waals surface area contributed by atoms with Gasteiger partial charge in [-0.05, 0) is 12.8 Å². The van der Waals surface area contributed by atoms with Gasteiger partial charge in [-0.1, -0.05) is 26.7 Å². The lowest BCUT2D eigenvalue weighted by atomic mass is 10.2. The zero-order valence-corrected chi connectivity index (χ0v) is 12.5. The van der Waals surface area contributed by atoms with Crippen LogP contribution in [0.1, 0.15) is 46.5 Å². The molecule has 0 aromatic carbocycles. The number of sulfone groups is 1. The maximum absolute atomic E-state index is 12.2. The van der Waals surface area contributed by atoms with E-state index in [1.807, 2.05) is 13.8 Å². The van der Waals surface area contributed by atoms with E-state index in [1.165, 1.54) is 0 Å². The number of rotatable bonds is 9. The number of carboxylic acid groups (broad SMARTS) is 1. The third-order valence-electron chi connectivity index (χ3n) is 2.80. The van der Waals surface area contributed by atoms with Crippen molar-refractivity contribution in [1.29, 1.82) is 0 Å². The minimum atomic E-state index is -3.53. The lowest BCUT2D eigenvalue weighted by Gasteiger charge is -2.19. The van der Waals surface area contributed by atoms with Gasteiger partial charge >= 0.3 is 5.97 Å². The molecule has 19 heavy (non-hydrogen) atoms. The number of hydrogen-bond acceptors (Lipinski definition) is 4. The summed E-state index contributed by atoms with van der Waals surface area (Å²) < 4.78 is 24.4. The molecule has 0 radical (unpaired) electrons. The van der Waals surface area contributed by atoms with Crippen LogP contribution in [-0.4, -0.2) is 42.4 Å². The zero-order valence-electron chi connectivity index (χ0n) is 11.7. The molecule has 0 aliphatic heterocycles. The van der Waals surface area contributed by atoms with Crippen LogP contribution in [0.4, 0.5) is 0 Å². The van der Waals surface area contributed by atoms with Gasteiger partial charge in [-0.25, -0.2) is 13.2 Å². The van der Waals surface area contributed by atoms with Gasteiger partial charge in [0.15, 0.2) is 9.84 Å². The summed E-state index contributed by atoms with van der Waals surface area (Å²) in [7, 11) is -3.53. The molecule has 2 N–H and O–H groups in total. The monoisotopic (exact) mass is 293 g/mol. The second-order valence-corrected chi connectivity index (χ2v) is 6.95. The van der Waals surface area contributed by atoms with E-state index in [1.54, 1.807) is 0 Å². The maximum atomic E-state index is 12.2. The molecule has 0 unspecified atom stereocenters. The summed E-state index contributed by atoms with van der Waals surface area (Å²) >= 11 is 0. The minimum Gasteiger partial charge on any atom is -0.480 e. The number of aliphatic carboxylic acids is 1. The smallest absolute Gasteiger partial charge is 0.327 e. The zero-order chi connectivity index (χ0) is 15.1.